The van der Waals surface area contributed by atoms with Crippen LogP contribution in [-0.4, -0.2) is 18.6 Å². The second kappa shape index (κ2) is 4.61. The second-order valence-corrected chi connectivity index (χ2v) is 6.69. The van der Waals surface area contributed by atoms with Gasteiger partial charge in [-0.05, 0) is 42.5 Å². The Hall–Kier alpha value is -1.15. The van der Waals surface area contributed by atoms with Crippen LogP contribution in [0.15, 0.2) is 41.3 Å². The Morgan fingerprint density at radius 2 is 1.88 bits per heavy atom. The summed E-state index contributed by atoms with van der Waals surface area (Å²) < 4.78 is 5.29. The largest absolute Gasteiger partial charge is 0.497 e. The fraction of sp³-hybridized carbons (Fsp3) is 0.333. The molecule has 1 aliphatic heterocycles. The smallest absolute Gasteiger partial charge is 0.162 e. The van der Waals surface area contributed by atoms with Crippen molar-refractivity contribution in [1.29, 1.82) is 0 Å². The summed E-state index contributed by atoms with van der Waals surface area (Å²) >= 11 is 0. The summed E-state index contributed by atoms with van der Waals surface area (Å²) in [7, 11) is 2.21. The third kappa shape index (κ3) is 2.02. The lowest BCUT2D eigenvalue weighted by Gasteiger charge is -2.06. The van der Waals surface area contributed by atoms with E-state index in [0.29, 0.717) is 10.9 Å². The Bertz CT molecular complexity index is 529. The highest BCUT2D eigenvalue weighted by Gasteiger charge is 2.28. The number of benzene rings is 2. The van der Waals surface area contributed by atoms with Crippen LogP contribution in [0.2, 0.25) is 0 Å². The van der Waals surface area contributed by atoms with Crippen LogP contribution < -0.4 is 4.74 Å². The van der Waals surface area contributed by atoms with E-state index in [0.717, 1.165) is 5.75 Å². The first-order valence-electron chi connectivity index (χ1n) is 6.13. The summed E-state index contributed by atoms with van der Waals surface area (Å²) in [6.07, 6.45) is 2.80. The van der Waals surface area contributed by atoms with Gasteiger partial charge in [-0.1, -0.05) is 12.1 Å². The van der Waals surface area contributed by atoms with Gasteiger partial charge < -0.3 is 4.74 Å². The van der Waals surface area contributed by atoms with Crippen molar-refractivity contribution in [3.8, 4) is 5.75 Å². The van der Waals surface area contributed by atoms with Gasteiger partial charge in [-0.25, -0.2) is 0 Å². The maximum Gasteiger partial charge on any atom is 0.162 e. The lowest BCUT2D eigenvalue weighted by atomic mass is 10.1. The molecule has 1 heterocycles. The third-order valence-corrected chi connectivity index (χ3v) is 5.93. The fourth-order valence-electron chi connectivity index (χ4n) is 2.49. The molecule has 0 N–H and O–H groups in total. The van der Waals surface area contributed by atoms with Crippen molar-refractivity contribution in [2.45, 2.75) is 17.7 Å². The number of rotatable bonds is 2. The molecule has 0 saturated carbocycles. The molecule has 0 spiro atoms. The Morgan fingerprint density at radius 3 is 2.65 bits per heavy atom. The molecule has 0 radical (unpaired) electrons. The summed E-state index contributed by atoms with van der Waals surface area (Å²) in [5.74, 6) is 3.71. The van der Waals surface area contributed by atoms with Crippen LogP contribution >= 0.6 is 0 Å². The van der Waals surface area contributed by atoms with Crippen molar-refractivity contribution in [2.75, 3.05) is 18.6 Å². The number of hydrogen-bond acceptors (Lipinski definition) is 1. The van der Waals surface area contributed by atoms with Gasteiger partial charge in [-0.3, -0.25) is 0 Å². The molecule has 2 heteroatoms. The van der Waals surface area contributed by atoms with E-state index in [1.165, 1.54) is 35.1 Å². The molecule has 88 valence electrons. The maximum absolute atomic E-state index is 5.29. The van der Waals surface area contributed by atoms with E-state index < -0.39 is 0 Å². The predicted octanol–water partition coefficient (Wildman–Crippen LogP) is 3.62. The van der Waals surface area contributed by atoms with Crippen LogP contribution in [0.4, 0.5) is 0 Å². The van der Waals surface area contributed by atoms with Gasteiger partial charge in [-0.15, -0.1) is 0 Å². The molecular formula is C15H17OS+. The van der Waals surface area contributed by atoms with Gasteiger partial charge in [0.2, 0.25) is 0 Å². The van der Waals surface area contributed by atoms with Crippen molar-refractivity contribution in [1.82, 2.24) is 0 Å². The average molecular weight is 245 g/mol. The molecule has 1 fully saturated rings. The molecular weight excluding hydrogens is 228 g/mol. The molecule has 2 aromatic rings. The van der Waals surface area contributed by atoms with E-state index in [9.17, 15) is 0 Å². The van der Waals surface area contributed by atoms with Crippen molar-refractivity contribution in [3.05, 3.63) is 36.4 Å². The van der Waals surface area contributed by atoms with Gasteiger partial charge in [0.05, 0.1) is 7.11 Å². The quantitative estimate of drug-likeness (QED) is 0.734. The Balaban J connectivity index is 2.12. The summed E-state index contributed by atoms with van der Waals surface area (Å²) in [4.78, 5) is 1.56. The van der Waals surface area contributed by atoms with E-state index in [4.69, 9.17) is 4.74 Å². The standard InChI is InChI=1S/C15H17OS/c1-16-13-7-8-14-12(11-13)5-4-6-15(14)17-9-2-3-10-17/h4-8,11H,2-3,9-10H2,1H3/q+1. The normalized spacial score (nSPS) is 16.5. The molecule has 1 saturated heterocycles. The monoisotopic (exact) mass is 245 g/mol. The van der Waals surface area contributed by atoms with Gasteiger partial charge in [0, 0.05) is 16.3 Å². The van der Waals surface area contributed by atoms with Gasteiger partial charge >= 0.3 is 0 Å². The summed E-state index contributed by atoms with van der Waals surface area (Å²) in [5.41, 5.74) is 0. The van der Waals surface area contributed by atoms with Crippen LogP contribution in [0.5, 0.6) is 5.75 Å². The number of fused-ring (bicyclic) bond motifs is 1. The first-order valence-corrected chi connectivity index (χ1v) is 7.69. The molecule has 0 unspecified atom stereocenters. The summed E-state index contributed by atoms with van der Waals surface area (Å²) in [5, 5.41) is 2.72. The second-order valence-electron chi connectivity index (χ2n) is 4.45. The van der Waals surface area contributed by atoms with Crippen LogP contribution in [-0.2, 0) is 10.9 Å². The zero-order valence-electron chi connectivity index (χ0n) is 10.1. The molecule has 17 heavy (non-hydrogen) atoms. The maximum atomic E-state index is 5.29. The number of ether oxygens (including phenoxy) is 1. The first-order chi connectivity index (χ1) is 8.38. The predicted molar refractivity (Wildman–Crippen MR) is 75.1 cm³/mol. The fourth-order valence-corrected chi connectivity index (χ4v) is 5.00. The molecule has 1 nitrogen and oxygen atoms in total. The van der Waals surface area contributed by atoms with E-state index in [1.807, 2.05) is 0 Å². The highest BCUT2D eigenvalue weighted by atomic mass is 32.2. The van der Waals surface area contributed by atoms with Crippen molar-refractivity contribution < 1.29 is 4.74 Å². The Kier molecular flexibility index (Phi) is 2.98. The highest BCUT2D eigenvalue weighted by molar-refractivity contribution is 7.97. The first kappa shape index (κ1) is 11.0. The molecule has 1 aliphatic rings. The van der Waals surface area contributed by atoms with Crippen LogP contribution in [0.25, 0.3) is 10.8 Å². The Labute approximate surface area is 105 Å². The SMILES string of the molecule is COc1ccc2c([S+]3CCCC3)cccc2c1. The number of hydrogen-bond donors (Lipinski definition) is 0. The van der Waals surface area contributed by atoms with Gasteiger partial charge in [0.1, 0.15) is 17.3 Å². The zero-order chi connectivity index (χ0) is 11.7. The van der Waals surface area contributed by atoms with Crippen molar-refractivity contribution >= 4 is 21.7 Å². The molecule has 0 atom stereocenters. The van der Waals surface area contributed by atoms with Crippen LogP contribution in [0, 0.1) is 0 Å². The molecule has 0 bridgehead atoms. The lowest BCUT2D eigenvalue weighted by molar-refractivity contribution is 0.415. The third-order valence-electron chi connectivity index (χ3n) is 3.39. The summed E-state index contributed by atoms with van der Waals surface area (Å²) in [6, 6.07) is 13.1. The topological polar surface area (TPSA) is 9.23 Å². The minimum Gasteiger partial charge on any atom is -0.497 e. The van der Waals surface area contributed by atoms with Crippen molar-refractivity contribution in [3.63, 3.8) is 0 Å². The van der Waals surface area contributed by atoms with Crippen LogP contribution in [0.3, 0.4) is 0 Å². The number of methoxy groups -OCH3 is 1. The molecule has 0 aliphatic carbocycles. The van der Waals surface area contributed by atoms with E-state index in [2.05, 4.69) is 36.4 Å². The lowest BCUT2D eigenvalue weighted by Crippen LogP contribution is -2.04. The minimum atomic E-state index is 0.485. The van der Waals surface area contributed by atoms with Gasteiger partial charge in [0.25, 0.3) is 0 Å². The zero-order valence-corrected chi connectivity index (χ0v) is 10.9. The summed E-state index contributed by atoms with van der Waals surface area (Å²) in [6.45, 7) is 0. The van der Waals surface area contributed by atoms with E-state index in [-0.39, 0.29) is 0 Å². The molecule has 2 aromatic carbocycles. The van der Waals surface area contributed by atoms with Crippen LogP contribution in [0.1, 0.15) is 12.8 Å². The minimum absolute atomic E-state index is 0.485. The van der Waals surface area contributed by atoms with Gasteiger partial charge in [0.15, 0.2) is 4.90 Å². The average Bonchev–Trinajstić information content (AvgIpc) is 2.91. The van der Waals surface area contributed by atoms with E-state index >= 15 is 0 Å². The van der Waals surface area contributed by atoms with Crippen molar-refractivity contribution in [2.24, 2.45) is 0 Å². The van der Waals surface area contributed by atoms with E-state index in [1.54, 1.807) is 12.0 Å². The highest BCUT2D eigenvalue weighted by Crippen LogP contribution is 2.31. The molecule has 0 amide bonds. The molecule has 0 aromatic heterocycles. The Morgan fingerprint density at radius 1 is 1.06 bits per heavy atom. The van der Waals surface area contributed by atoms with Gasteiger partial charge in [-0.2, -0.15) is 0 Å². The molecule has 3 rings (SSSR count).